The van der Waals surface area contributed by atoms with Crippen LogP contribution in [0.15, 0.2) is 24.3 Å². The van der Waals surface area contributed by atoms with Crippen LogP contribution < -0.4 is 5.32 Å². The molecule has 0 bridgehead atoms. The largest absolute Gasteiger partial charge is 0.358 e. The van der Waals surface area contributed by atoms with Crippen LogP contribution in [-0.2, 0) is 4.79 Å². The fourth-order valence-electron chi connectivity index (χ4n) is 1.35. The Labute approximate surface area is 99.4 Å². The normalized spacial score (nSPS) is 9.82. The molecule has 0 heterocycles. The maximum atomic E-state index is 12.7. The van der Waals surface area contributed by atoms with E-state index in [1.54, 1.807) is 6.92 Å². The number of halogens is 1. The van der Waals surface area contributed by atoms with E-state index in [2.05, 4.69) is 5.32 Å². The molecule has 0 aromatic heterocycles. The molecule has 0 unspecified atom stereocenters. The summed E-state index contributed by atoms with van der Waals surface area (Å²) in [5, 5.41) is 2.45. The first-order valence-electron chi connectivity index (χ1n) is 5.34. The Kier molecular flexibility index (Phi) is 4.63. The lowest BCUT2D eigenvalue weighted by Gasteiger charge is -2.19. The average molecular weight is 238 g/mol. The molecule has 1 aromatic rings. The monoisotopic (exact) mass is 238 g/mol. The van der Waals surface area contributed by atoms with Crippen LogP contribution in [0.25, 0.3) is 0 Å². The highest BCUT2D eigenvalue weighted by atomic mass is 19.1. The van der Waals surface area contributed by atoms with Gasteiger partial charge in [-0.2, -0.15) is 0 Å². The predicted molar refractivity (Wildman–Crippen MR) is 62.0 cm³/mol. The molecule has 0 saturated heterocycles. The minimum atomic E-state index is -0.393. The molecule has 0 aliphatic carbocycles. The van der Waals surface area contributed by atoms with Gasteiger partial charge in [0.05, 0.1) is 6.54 Å². The Morgan fingerprint density at radius 1 is 1.29 bits per heavy atom. The third-order valence-corrected chi connectivity index (χ3v) is 2.37. The van der Waals surface area contributed by atoms with Gasteiger partial charge in [0.25, 0.3) is 5.91 Å². The Balaban J connectivity index is 2.78. The Morgan fingerprint density at radius 2 is 1.88 bits per heavy atom. The molecule has 0 radical (unpaired) electrons. The highest BCUT2D eigenvalue weighted by Crippen LogP contribution is 2.06. The molecule has 5 heteroatoms. The molecule has 92 valence electrons. The van der Waals surface area contributed by atoms with Crippen LogP contribution in [0.1, 0.15) is 17.3 Å². The van der Waals surface area contributed by atoms with Crippen molar-refractivity contribution < 1.29 is 14.0 Å². The van der Waals surface area contributed by atoms with Crippen LogP contribution in [0.4, 0.5) is 4.39 Å². The van der Waals surface area contributed by atoms with Crippen molar-refractivity contribution in [1.29, 1.82) is 0 Å². The summed E-state index contributed by atoms with van der Waals surface area (Å²) in [7, 11) is 1.51. The Bertz CT molecular complexity index is 403. The number of carbonyl (C=O) groups is 2. The van der Waals surface area contributed by atoms with Crippen molar-refractivity contribution in [2.45, 2.75) is 6.92 Å². The van der Waals surface area contributed by atoms with E-state index < -0.39 is 5.82 Å². The maximum Gasteiger partial charge on any atom is 0.254 e. The van der Waals surface area contributed by atoms with Crippen molar-refractivity contribution in [3.63, 3.8) is 0 Å². The molecular formula is C12H15FN2O2. The fourth-order valence-corrected chi connectivity index (χ4v) is 1.35. The van der Waals surface area contributed by atoms with E-state index in [4.69, 9.17) is 0 Å². The molecule has 0 aliphatic rings. The Morgan fingerprint density at radius 3 is 2.35 bits per heavy atom. The lowest BCUT2D eigenvalue weighted by Crippen LogP contribution is -2.39. The molecule has 1 aromatic carbocycles. The van der Waals surface area contributed by atoms with Gasteiger partial charge >= 0.3 is 0 Å². The third-order valence-electron chi connectivity index (χ3n) is 2.37. The molecule has 2 amide bonds. The lowest BCUT2D eigenvalue weighted by molar-refractivity contribution is -0.121. The summed E-state index contributed by atoms with van der Waals surface area (Å²) in [5.74, 6) is -0.908. The van der Waals surface area contributed by atoms with E-state index in [-0.39, 0.29) is 18.4 Å². The molecule has 0 saturated carbocycles. The standard InChI is InChI=1S/C12H15FN2O2/c1-3-15(8-11(16)14-2)12(17)9-4-6-10(13)7-5-9/h4-7H,3,8H2,1-2H3,(H,14,16). The number of hydrogen-bond donors (Lipinski definition) is 1. The number of nitrogens with one attached hydrogen (secondary N) is 1. The quantitative estimate of drug-likeness (QED) is 0.851. The first kappa shape index (κ1) is 13.2. The number of rotatable bonds is 4. The van der Waals surface area contributed by atoms with Crippen molar-refractivity contribution in [1.82, 2.24) is 10.2 Å². The maximum absolute atomic E-state index is 12.7. The molecule has 4 nitrogen and oxygen atoms in total. The van der Waals surface area contributed by atoms with Gasteiger partial charge in [0.15, 0.2) is 0 Å². The van der Waals surface area contributed by atoms with Gasteiger partial charge in [-0.25, -0.2) is 4.39 Å². The van der Waals surface area contributed by atoms with Gasteiger partial charge in [0.2, 0.25) is 5.91 Å². The van der Waals surface area contributed by atoms with Crippen LogP contribution in [-0.4, -0.2) is 36.9 Å². The van der Waals surface area contributed by atoms with Crippen molar-refractivity contribution in [3.8, 4) is 0 Å². The zero-order valence-corrected chi connectivity index (χ0v) is 9.87. The summed E-state index contributed by atoms with van der Waals surface area (Å²) in [6, 6.07) is 5.26. The molecule has 1 rings (SSSR count). The van der Waals surface area contributed by atoms with Gasteiger partial charge in [-0.1, -0.05) is 0 Å². The summed E-state index contributed by atoms with van der Waals surface area (Å²) >= 11 is 0. The van der Waals surface area contributed by atoms with E-state index in [9.17, 15) is 14.0 Å². The molecule has 0 fully saturated rings. The number of nitrogens with zero attached hydrogens (tertiary/aromatic N) is 1. The highest BCUT2D eigenvalue weighted by molar-refractivity contribution is 5.96. The smallest absolute Gasteiger partial charge is 0.254 e. The molecular weight excluding hydrogens is 223 g/mol. The van der Waals surface area contributed by atoms with Crippen molar-refractivity contribution in [2.75, 3.05) is 20.1 Å². The SMILES string of the molecule is CCN(CC(=O)NC)C(=O)c1ccc(F)cc1. The summed E-state index contributed by atoms with van der Waals surface area (Å²) in [4.78, 5) is 24.6. The van der Waals surface area contributed by atoms with Crippen LogP contribution in [0.2, 0.25) is 0 Å². The topological polar surface area (TPSA) is 49.4 Å². The number of likely N-dealkylation sites (N-methyl/N-ethyl adjacent to an activating group) is 2. The second kappa shape index (κ2) is 5.98. The lowest BCUT2D eigenvalue weighted by atomic mass is 10.2. The number of carbonyl (C=O) groups excluding carboxylic acids is 2. The van der Waals surface area contributed by atoms with Crippen molar-refractivity contribution in [2.24, 2.45) is 0 Å². The van der Waals surface area contributed by atoms with E-state index in [1.807, 2.05) is 0 Å². The summed E-state index contributed by atoms with van der Waals surface area (Å²) in [6.07, 6.45) is 0. The van der Waals surface area contributed by atoms with Gasteiger partial charge in [0.1, 0.15) is 5.82 Å². The van der Waals surface area contributed by atoms with Crippen LogP contribution in [0.3, 0.4) is 0 Å². The predicted octanol–water partition coefficient (Wildman–Crippen LogP) is 1.03. The van der Waals surface area contributed by atoms with Crippen molar-refractivity contribution >= 4 is 11.8 Å². The van der Waals surface area contributed by atoms with E-state index >= 15 is 0 Å². The van der Waals surface area contributed by atoms with Gasteiger partial charge in [0, 0.05) is 19.2 Å². The summed E-state index contributed by atoms with van der Waals surface area (Å²) in [6.45, 7) is 2.21. The second-order valence-electron chi connectivity index (χ2n) is 3.50. The van der Waals surface area contributed by atoms with Crippen LogP contribution >= 0.6 is 0 Å². The van der Waals surface area contributed by atoms with Crippen LogP contribution in [0.5, 0.6) is 0 Å². The number of amides is 2. The van der Waals surface area contributed by atoms with E-state index in [0.29, 0.717) is 12.1 Å². The zero-order valence-electron chi connectivity index (χ0n) is 9.87. The molecule has 1 N–H and O–H groups in total. The number of benzene rings is 1. The molecule has 0 atom stereocenters. The zero-order chi connectivity index (χ0) is 12.8. The van der Waals surface area contributed by atoms with Crippen molar-refractivity contribution in [3.05, 3.63) is 35.6 Å². The van der Waals surface area contributed by atoms with Gasteiger partial charge in [-0.05, 0) is 31.2 Å². The molecule has 17 heavy (non-hydrogen) atoms. The van der Waals surface area contributed by atoms with Gasteiger partial charge < -0.3 is 10.2 Å². The van der Waals surface area contributed by atoms with Gasteiger partial charge in [-0.3, -0.25) is 9.59 Å². The first-order valence-corrected chi connectivity index (χ1v) is 5.34. The first-order chi connectivity index (χ1) is 8.08. The highest BCUT2D eigenvalue weighted by Gasteiger charge is 2.16. The molecule has 0 aliphatic heterocycles. The minimum absolute atomic E-state index is 0.00318. The minimum Gasteiger partial charge on any atom is -0.358 e. The van der Waals surface area contributed by atoms with Crippen LogP contribution in [0, 0.1) is 5.82 Å². The molecule has 0 spiro atoms. The Hall–Kier alpha value is -1.91. The van der Waals surface area contributed by atoms with E-state index in [0.717, 1.165) is 0 Å². The summed E-state index contributed by atoms with van der Waals surface area (Å²) in [5.41, 5.74) is 0.372. The third kappa shape index (κ3) is 3.55. The number of hydrogen-bond acceptors (Lipinski definition) is 2. The fraction of sp³-hybridized carbons (Fsp3) is 0.333. The summed E-state index contributed by atoms with van der Waals surface area (Å²) < 4.78 is 12.7. The average Bonchev–Trinajstić information content (AvgIpc) is 2.35. The van der Waals surface area contributed by atoms with Gasteiger partial charge in [-0.15, -0.1) is 0 Å². The van der Waals surface area contributed by atoms with E-state index in [1.165, 1.54) is 36.2 Å². The second-order valence-corrected chi connectivity index (χ2v) is 3.50.